The van der Waals surface area contributed by atoms with Crippen LogP contribution < -0.4 is 0 Å². The van der Waals surface area contributed by atoms with E-state index in [4.69, 9.17) is 14.6 Å². The highest BCUT2D eigenvalue weighted by molar-refractivity contribution is 5.90. The first-order valence-corrected chi connectivity index (χ1v) is 8.88. The van der Waals surface area contributed by atoms with E-state index in [1.807, 2.05) is 34.6 Å². The summed E-state index contributed by atoms with van der Waals surface area (Å²) in [5.74, 6) is 0.904. The molecule has 2 rings (SSSR count). The fraction of sp³-hybridized carbons (Fsp3) is 0.684. The van der Waals surface area contributed by atoms with Crippen molar-refractivity contribution in [2.75, 3.05) is 6.61 Å². The third kappa shape index (κ3) is 4.63. The fourth-order valence-corrected chi connectivity index (χ4v) is 3.34. The molecule has 3 atom stereocenters. The van der Waals surface area contributed by atoms with Crippen LogP contribution in [0.15, 0.2) is 27.7 Å². The normalized spacial score (nSPS) is 27.5. The molecule has 0 fully saturated rings. The Hall–Kier alpha value is -1.82. The van der Waals surface area contributed by atoms with Gasteiger partial charge in [-0.05, 0) is 37.3 Å². The molecule has 2 N–H and O–H groups in total. The highest BCUT2D eigenvalue weighted by Gasteiger charge is 2.30. The van der Waals surface area contributed by atoms with Gasteiger partial charge in [-0.25, -0.2) is 9.79 Å². The van der Waals surface area contributed by atoms with Gasteiger partial charge in [0, 0.05) is 24.5 Å². The van der Waals surface area contributed by atoms with Gasteiger partial charge in [0.05, 0.1) is 6.10 Å². The Morgan fingerprint density at radius 2 is 1.96 bits per heavy atom. The zero-order chi connectivity index (χ0) is 18.7. The maximum Gasteiger partial charge on any atom is 0.341 e. The SMILES string of the molecule is CC1=C(OCC(=O)O)CC(C)C(OC2CCC(O)C(C(C)C)=N2)=C1C. The van der Waals surface area contributed by atoms with Crippen LogP contribution in [0.5, 0.6) is 0 Å². The third-order valence-electron chi connectivity index (χ3n) is 4.84. The minimum absolute atomic E-state index is 0.0945. The maximum atomic E-state index is 10.7. The number of hydrogen-bond acceptors (Lipinski definition) is 5. The van der Waals surface area contributed by atoms with E-state index in [0.717, 1.165) is 22.6 Å². The quantitative estimate of drug-likeness (QED) is 0.767. The van der Waals surface area contributed by atoms with Crippen molar-refractivity contribution in [1.82, 2.24) is 0 Å². The molecule has 0 spiro atoms. The molecule has 140 valence electrons. The number of nitrogens with zero attached hydrogens (tertiary/aromatic N) is 1. The second-order valence-corrected chi connectivity index (χ2v) is 7.20. The number of rotatable bonds is 6. The van der Waals surface area contributed by atoms with E-state index in [1.54, 1.807) is 0 Å². The lowest BCUT2D eigenvalue weighted by Gasteiger charge is -2.32. The summed E-state index contributed by atoms with van der Waals surface area (Å²) in [6, 6.07) is 0. The smallest absolute Gasteiger partial charge is 0.341 e. The second-order valence-electron chi connectivity index (χ2n) is 7.20. The summed E-state index contributed by atoms with van der Waals surface area (Å²) in [7, 11) is 0. The Labute approximate surface area is 149 Å². The van der Waals surface area contributed by atoms with Gasteiger partial charge >= 0.3 is 5.97 Å². The summed E-state index contributed by atoms with van der Waals surface area (Å²) in [5, 5.41) is 18.9. The van der Waals surface area contributed by atoms with E-state index < -0.39 is 12.1 Å². The summed E-state index contributed by atoms with van der Waals surface area (Å²) in [4.78, 5) is 15.3. The first-order chi connectivity index (χ1) is 11.7. The lowest BCUT2D eigenvalue weighted by molar-refractivity contribution is -0.141. The Morgan fingerprint density at radius 1 is 1.28 bits per heavy atom. The summed E-state index contributed by atoms with van der Waals surface area (Å²) < 4.78 is 11.6. The van der Waals surface area contributed by atoms with Crippen LogP contribution in [-0.2, 0) is 14.3 Å². The van der Waals surface area contributed by atoms with Gasteiger partial charge in [-0.2, -0.15) is 0 Å². The fourth-order valence-electron chi connectivity index (χ4n) is 3.34. The lowest BCUT2D eigenvalue weighted by Crippen LogP contribution is -2.34. The van der Waals surface area contributed by atoms with Gasteiger partial charge in [-0.1, -0.05) is 20.8 Å². The Morgan fingerprint density at radius 3 is 2.56 bits per heavy atom. The van der Waals surface area contributed by atoms with Crippen molar-refractivity contribution in [3.8, 4) is 0 Å². The molecule has 0 saturated carbocycles. The number of aliphatic imine (C=N–C) groups is 1. The van der Waals surface area contributed by atoms with E-state index in [0.29, 0.717) is 25.0 Å². The van der Waals surface area contributed by atoms with Crippen LogP contribution in [0.25, 0.3) is 0 Å². The third-order valence-corrected chi connectivity index (χ3v) is 4.84. The van der Waals surface area contributed by atoms with E-state index in [-0.39, 0.29) is 24.7 Å². The second kappa shape index (κ2) is 8.04. The van der Waals surface area contributed by atoms with E-state index in [9.17, 15) is 9.90 Å². The first-order valence-electron chi connectivity index (χ1n) is 8.88. The number of hydrogen-bond donors (Lipinski definition) is 2. The molecule has 2 aliphatic rings. The Bertz CT molecular complexity index is 617. The van der Waals surface area contributed by atoms with Gasteiger partial charge in [0.2, 0.25) is 0 Å². The Kier molecular flexibility index (Phi) is 6.27. The number of allylic oxidation sites excluding steroid dienone is 4. The van der Waals surface area contributed by atoms with Crippen LogP contribution in [-0.4, -0.2) is 40.8 Å². The van der Waals surface area contributed by atoms with Gasteiger partial charge in [0.1, 0.15) is 11.5 Å². The average Bonchev–Trinajstić information content (AvgIpc) is 2.54. The highest BCUT2D eigenvalue weighted by Crippen LogP contribution is 2.37. The van der Waals surface area contributed by atoms with Crippen LogP contribution in [0.2, 0.25) is 0 Å². The minimum Gasteiger partial charge on any atom is -0.486 e. The van der Waals surface area contributed by atoms with Crippen molar-refractivity contribution in [2.45, 2.75) is 66.2 Å². The maximum absolute atomic E-state index is 10.7. The van der Waals surface area contributed by atoms with Crippen LogP contribution in [0.3, 0.4) is 0 Å². The standard InChI is InChI=1S/C19H29NO5/c1-10(2)18-14(21)6-7-16(20-18)25-19-11(3)8-15(12(4)13(19)5)24-9-17(22)23/h10-11,14,16,21H,6-9H2,1-5H3,(H,22,23). The van der Waals surface area contributed by atoms with Crippen molar-refractivity contribution in [3.63, 3.8) is 0 Å². The zero-order valence-electron chi connectivity index (χ0n) is 15.7. The van der Waals surface area contributed by atoms with Crippen molar-refractivity contribution >= 4 is 11.7 Å². The molecule has 25 heavy (non-hydrogen) atoms. The molecule has 1 aliphatic carbocycles. The highest BCUT2D eigenvalue weighted by atomic mass is 16.5. The number of aliphatic carboxylic acids is 1. The molecule has 0 aromatic heterocycles. The van der Waals surface area contributed by atoms with Gasteiger partial charge in [0.15, 0.2) is 12.8 Å². The van der Waals surface area contributed by atoms with E-state index in [1.165, 1.54) is 0 Å². The molecular weight excluding hydrogens is 322 g/mol. The zero-order valence-corrected chi connectivity index (χ0v) is 15.7. The number of carboxylic acids is 1. The molecule has 0 aromatic rings. The summed E-state index contributed by atoms with van der Waals surface area (Å²) in [6.07, 6.45) is 1.21. The molecule has 6 heteroatoms. The molecule has 3 unspecified atom stereocenters. The Balaban J connectivity index is 2.19. The van der Waals surface area contributed by atoms with Crippen molar-refractivity contribution in [2.24, 2.45) is 16.8 Å². The number of carbonyl (C=O) groups is 1. The summed E-state index contributed by atoms with van der Waals surface area (Å²) in [6.45, 7) is 9.66. The monoisotopic (exact) mass is 351 g/mol. The van der Waals surface area contributed by atoms with Crippen molar-refractivity contribution in [3.05, 3.63) is 22.7 Å². The van der Waals surface area contributed by atoms with Crippen molar-refractivity contribution < 1.29 is 24.5 Å². The molecule has 0 aromatic carbocycles. The van der Waals surface area contributed by atoms with Crippen LogP contribution in [0, 0.1) is 11.8 Å². The van der Waals surface area contributed by atoms with E-state index >= 15 is 0 Å². The molecule has 0 radical (unpaired) electrons. The van der Waals surface area contributed by atoms with E-state index in [2.05, 4.69) is 4.99 Å². The molecule has 1 heterocycles. The molecular formula is C19H29NO5. The van der Waals surface area contributed by atoms with Crippen LogP contribution in [0.4, 0.5) is 0 Å². The largest absolute Gasteiger partial charge is 0.486 e. The topological polar surface area (TPSA) is 88.4 Å². The molecule has 0 saturated heterocycles. The predicted molar refractivity (Wildman–Crippen MR) is 95.2 cm³/mol. The van der Waals surface area contributed by atoms with Gasteiger partial charge in [0.25, 0.3) is 0 Å². The molecule has 0 amide bonds. The lowest BCUT2D eigenvalue weighted by atomic mass is 9.89. The van der Waals surface area contributed by atoms with Gasteiger partial charge in [-0.3, -0.25) is 0 Å². The number of aliphatic hydroxyl groups excluding tert-OH is 1. The summed E-state index contributed by atoms with van der Waals surface area (Å²) >= 11 is 0. The van der Waals surface area contributed by atoms with Gasteiger partial charge < -0.3 is 19.7 Å². The average molecular weight is 351 g/mol. The summed E-state index contributed by atoms with van der Waals surface area (Å²) in [5.41, 5.74) is 2.71. The van der Waals surface area contributed by atoms with Crippen molar-refractivity contribution in [1.29, 1.82) is 0 Å². The number of carboxylic acid groups (broad SMARTS) is 1. The molecule has 0 bridgehead atoms. The number of ether oxygens (including phenoxy) is 2. The number of aliphatic hydroxyl groups is 1. The first kappa shape index (κ1) is 19.5. The van der Waals surface area contributed by atoms with Crippen LogP contribution in [0.1, 0.15) is 53.9 Å². The predicted octanol–water partition coefficient (Wildman–Crippen LogP) is 3.27. The molecule has 1 aliphatic heterocycles. The minimum atomic E-state index is -0.979. The van der Waals surface area contributed by atoms with Crippen LogP contribution >= 0.6 is 0 Å². The molecule has 6 nitrogen and oxygen atoms in total. The van der Waals surface area contributed by atoms with Gasteiger partial charge in [-0.15, -0.1) is 0 Å².